The Balaban J connectivity index is 1.96. The number of benzene rings is 2. The molecule has 33 heavy (non-hydrogen) atoms. The molecule has 4 heteroatoms. The summed E-state index contributed by atoms with van der Waals surface area (Å²) in [5.74, 6) is 2.60. The zero-order chi connectivity index (χ0) is 24.4. The molecule has 2 atom stereocenters. The number of phenolic OH excluding ortho intramolecular Hbond substituents is 1. The van der Waals surface area contributed by atoms with Crippen LogP contribution in [0.2, 0.25) is 0 Å². The summed E-state index contributed by atoms with van der Waals surface area (Å²) in [6.07, 6.45) is 3.40. The summed E-state index contributed by atoms with van der Waals surface area (Å²) in [6, 6.07) is 15.2. The third-order valence-electron chi connectivity index (χ3n) is 6.88. The highest BCUT2D eigenvalue weighted by Gasteiger charge is 2.38. The molecule has 0 spiro atoms. The third-order valence-corrected chi connectivity index (χ3v) is 7.25. The van der Waals surface area contributed by atoms with Crippen LogP contribution >= 0.6 is 16.1 Å². The second-order valence-corrected chi connectivity index (χ2v) is 12.1. The van der Waals surface area contributed by atoms with Crippen molar-refractivity contribution in [1.29, 1.82) is 0 Å². The van der Waals surface area contributed by atoms with E-state index in [0.29, 0.717) is 17.6 Å². The van der Waals surface area contributed by atoms with Crippen LogP contribution in [-0.2, 0) is 23.8 Å². The van der Waals surface area contributed by atoms with Gasteiger partial charge in [0.25, 0.3) is 0 Å². The normalized spacial score (nSPS) is 20.6. The molecule has 3 rings (SSSR count). The quantitative estimate of drug-likeness (QED) is 0.428. The molecule has 0 unspecified atom stereocenters. The highest BCUT2D eigenvalue weighted by atomic mass is 79.9. The van der Waals surface area contributed by atoms with Crippen LogP contribution in [-0.4, -0.2) is 22.4 Å². The van der Waals surface area contributed by atoms with Crippen molar-refractivity contribution >= 4 is 22.0 Å². The number of likely N-dealkylation sites (tertiary alicyclic amines) is 1. The number of nitrogens with zero attached hydrogens (tertiary/aromatic N) is 2. The molecule has 1 aliphatic rings. The summed E-state index contributed by atoms with van der Waals surface area (Å²) >= 11 is 3.47. The van der Waals surface area contributed by atoms with Crippen LogP contribution in [0.5, 0.6) is 5.75 Å². The van der Waals surface area contributed by atoms with Crippen molar-refractivity contribution < 1.29 is 5.11 Å². The van der Waals surface area contributed by atoms with E-state index in [-0.39, 0.29) is 10.8 Å². The largest absolute Gasteiger partial charge is 0.507 e. The standard InChI is InChI=1S/C29H41BrN2O/c1-8-12-22-19-32(27(31-30)23(22)15-20-13-10-9-11-14-20)18-21-16-24(28(2,3)4)26(33)25(17-21)29(5,6)7/h9-11,13-14,16-17,22-23,33H,8,12,15,18-19H2,1-7H3/t22-,23+/m0/s1. The van der Waals surface area contributed by atoms with Gasteiger partial charge < -0.3 is 10.0 Å². The Kier molecular flexibility index (Phi) is 7.99. The van der Waals surface area contributed by atoms with Crippen molar-refractivity contribution in [3.63, 3.8) is 0 Å². The molecule has 0 amide bonds. The van der Waals surface area contributed by atoms with E-state index in [0.717, 1.165) is 36.5 Å². The van der Waals surface area contributed by atoms with Crippen molar-refractivity contribution in [1.82, 2.24) is 4.90 Å². The van der Waals surface area contributed by atoms with Gasteiger partial charge in [-0.2, -0.15) is 4.02 Å². The van der Waals surface area contributed by atoms with E-state index < -0.39 is 0 Å². The lowest BCUT2D eigenvalue weighted by Crippen LogP contribution is -2.28. The molecule has 0 bridgehead atoms. The van der Waals surface area contributed by atoms with Crippen LogP contribution in [0.4, 0.5) is 0 Å². The molecule has 0 radical (unpaired) electrons. The van der Waals surface area contributed by atoms with Gasteiger partial charge >= 0.3 is 0 Å². The van der Waals surface area contributed by atoms with Gasteiger partial charge in [-0.15, -0.1) is 0 Å². The van der Waals surface area contributed by atoms with E-state index in [2.05, 4.69) is 116 Å². The second-order valence-electron chi connectivity index (χ2n) is 11.7. The molecule has 180 valence electrons. The van der Waals surface area contributed by atoms with E-state index in [4.69, 9.17) is 0 Å². The maximum absolute atomic E-state index is 11.1. The van der Waals surface area contributed by atoms with Gasteiger partial charge in [-0.05, 0) is 64.0 Å². The van der Waals surface area contributed by atoms with Gasteiger partial charge in [0.05, 0.1) is 16.1 Å². The molecule has 0 saturated carbocycles. The molecule has 2 aromatic carbocycles. The second kappa shape index (κ2) is 10.2. The molecule has 1 heterocycles. The first kappa shape index (κ1) is 25.8. The molecule has 1 N–H and O–H groups in total. The van der Waals surface area contributed by atoms with Gasteiger partial charge in [0.15, 0.2) is 0 Å². The molecule has 3 nitrogen and oxygen atoms in total. The molecule has 1 fully saturated rings. The number of hydrogen-bond acceptors (Lipinski definition) is 2. The average molecular weight is 514 g/mol. The number of halogens is 1. The fourth-order valence-corrected chi connectivity index (χ4v) is 5.64. The van der Waals surface area contributed by atoms with Crippen molar-refractivity contribution in [2.45, 2.75) is 85.1 Å². The Labute approximate surface area is 209 Å². The minimum atomic E-state index is -0.127. The van der Waals surface area contributed by atoms with Gasteiger partial charge in [0.2, 0.25) is 0 Å². The van der Waals surface area contributed by atoms with Crippen LogP contribution in [0, 0.1) is 11.8 Å². The smallest absolute Gasteiger partial charge is 0.123 e. The Bertz CT molecular complexity index is 934. The summed E-state index contributed by atoms with van der Waals surface area (Å²) in [5.41, 5.74) is 4.40. The number of aromatic hydroxyl groups is 1. The first-order valence-corrected chi connectivity index (χ1v) is 13.0. The number of rotatable bonds is 6. The summed E-state index contributed by atoms with van der Waals surface area (Å²) in [6.45, 7) is 17.1. The Morgan fingerprint density at radius 1 is 0.970 bits per heavy atom. The van der Waals surface area contributed by atoms with Crippen molar-refractivity contribution in [2.24, 2.45) is 15.9 Å². The lowest BCUT2D eigenvalue weighted by Gasteiger charge is -2.29. The lowest BCUT2D eigenvalue weighted by atomic mass is 9.78. The fraction of sp³-hybridized carbons (Fsp3) is 0.552. The molecular weight excluding hydrogens is 472 g/mol. The minimum Gasteiger partial charge on any atom is -0.507 e. The SMILES string of the molecule is CCC[C@H]1CN(Cc2cc(C(C)(C)C)c(O)c(C(C)(C)C)c2)C(=NBr)[C@@H]1Cc1ccccc1. The first-order valence-electron chi connectivity index (χ1n) is 12.3. The van der Waals surface area contributed by atoms with Gasteiger partial charge in [0.1, 0.15) is 11.6 Å². The Hall–Kier alpha value is -1.81. The van der Waals surface area contributed by atoms with Gasteiger partial charge in [-0.25, -0.2) is 0 Å². The molecule has 1 aliphatic heterocycles. The topological polar surface area (TPSA) is 35.8 Å². The first-order chi connectivity index (χ1) is 15.5. The zero-order valence-electron chi connectivity index (χ0n) is 21.5. The van der Waals surface area contributed by atoms with Crippen LogP contribution < -0.4 is 0 Å². The number of phenols is 1. The monoisotopic (exact) mass is 512 g/mol. The van der Waals surface area contributed by atoms with E-state index in [1.54, 1.807) is 0 Å². The van der Waals surface area contributed by atoms with E-state index >= 15 is 0 Å². The summed E-state index contributed by atoms with van der Waals surface area (Å²) in [4.78, 5) is 2.45. The van der Waals surface area contributed by atoms with Crippen molar-refractivity contribution in [2.75, 3.05) is 6.54 Å². The molecule has 0 aliphatic carbocycles. The van der Waals surface area contributed by atoms with Crippen LogP contribution in [0.3, 0.4) is 0 Å². The van der Waals surface area contributed by atoms with Crippen molar-refractivity contribution in [3.8, 4) is 5.75 Å². The number of amidine groups is 1. The van der Waals surface area contributed by atoms with Gasteiger partial charge in [-0.1, -0.05) is 85.2 Å². The number of hydrogen-bond donors (Lipinski definition) is 1. The maximum Gasteiger partial charge on any atom is 0.123 e. The van der Waals surface area contributed by atoms with Gasteiger partial charge in [0, 0.05) is 19.0 Å². The fourth-order valence-electron chi connectivity index (χ4n) is 5.15. The molecular formula is C29H41BrN2O. The highest BCUT2D eigenvalue weighted by Crippen LogP contribution is 2.41. The summed E-state index contributed by atoms with van der Waals surface area (Å²) < 4.78 is 4.64. The Morgan fingerprint density at radius 2 is 1.55 bits per heavy atom. The summed E-state index contributed by atoms with van der Waals surface area (Å²) in [5, 5.41) is 11.1. The molecule has 0 aromatic heterocycles. The molecule has 2 aromatic rings. The van der Waals surface area contributed by atoms with Crippen LogP contribution in [0.1, 0.15) is 83.6 Å². The zero-order valence-corrected chi connectivity index (χ0v) is 23.0. The minimum absolute atomic E-state index is 0.127. The van der Waals surface area contributed by atoms with Gasteiger partial charge in [-0.3, -0.25) is 0 Å². The predicted molar refractivity (Wildman–Crippen MR) is 144 cm³/mol. The van der Waals surface area contributed by atoms with Crippen molar-refractivity contribution in [3.05, 3.63) is 64.7 Å². The molecule has 1 saturated heterocycles. The predicted octanol–water partition coefficient (Wildman–Crippen LogP) is 7.79. The summed E-state index contributed by atoms with van der Waals surface area (Å²) in [7, 11) is 0. The van der Waals surface area contributed by atoms with Crippen LogP contribution in [0.25, 0.3) is 0 Å². The van der Waals surface area contributed by atoms with E-state index in [9.17, 15) is 5.11 Å². The Morgan fingerprint density at radius 3 is 2.03 bits per heavy atom. The average Bonchev–Trinajstić information content (AvgIpc) is 3.04. The maximum atomic E-state index is 11.1. The lowest BCUT2D eigenvalue weighted by molar-refractivity contribution is 0.352. The van der Waals surface area contributed by atoms with Crippen LogP contribution in [0.15, 0.2) is 46.5 Å². The van der Waals surface area contributed by atoms with E-state index in [1.165, 1.54) is 24.0 Å². The third kappa shape index (κ3) is 6.01. The van der Waals surface area contributed by atoms with E-state index in [1.807, 2.05) is 0 Å². The highest BCUT2D eigenvalue weighted by molar-refractivity contribution is 9.08.